The molecule has 0 atom stereocenters. The third-order valence-corrected chi connectivity index (χ3v) is 2.58. The van der Waals surface area contributed by atoms with E-state index >= 15 is 0 Å². The fourth-order valence-electron chi connectivity index (χ4n) is 0.842. The maximum absolute atomic E-state index is 11.2. The summed E-state index contributed by atoms with van der Waals surface area (Å²) >= 11 is 1.72. The van der Waals surface area contributed by atoms with Crippen molar-refractivity contribution in [3.05, 3.63) is 11.5 Å². The molecule has 2 heteroatoms. The summed E-state index contributed by atoms with van der Waals surface area (Å²) in [5, 5.41) is 1.92. The molecule has 0 aromatic carbocycles. The minimum absolute atomic E-state index is 0.242. The Morgan fingerprint density at radius 1 is 1.23 bits per heavy atom. The minimum atomic E-state index is 0.242. The van der Waals surface area contributed by atoms with Crippen LogP contribution in [-0.2, 0) is 4.79 Å². The van der Waals surface area contributed by atoms with Gasteiger partial charge in [-0.3, -0.25) is 4.79 Å². The van der Waals surface area contributed by atoms with Crippen LogP contribution in [-0.4, -0.2) is 11.5 Å². The lowest BCUT2D eigenvalue weighted by Gasteiger charge is -2.00. The van der Waals surface area contributed by atoms with Crippen molar-refractivity contribution in [3.63, 3.8) is 0 Å². The highest BCUT2D eigenvalue weighted by Crippen LogP contribution is 2.09. The first-order valence-corrected chi connectivity index (χ1v) is 5.88. The first-order chi connectivity index (χ1) is 6.02. The van der Waals surface area contributed by atoms with Gasteiger partial charge in [-0.25, -0.2) is 0 Å². The number of allylic oxidation sites excluding steroid dienone is 1. The van der Waals surface area contributed by atoms with Crippen molar-refractivity contribution in [2.75, 3.05) is 5.75 Å². The molecular weight excluding hydrogens is 180 g/mol. The molecule has 0 unspecified atom stereocenters. The van der Waals surface area contributed by atoms with E-state index in [9.17, 15) is 4.79 Å². The predicted molar refractivity (Wildman–Crippen MR) is 60.9 cm³/mol. The number of hydrogen-bond donors (Lipinski definition) is 0. The zero-order valence-corrected chi connectivity index (χ0v) is 9.86. The summed E-state index contributed by atoms with van der Waals surface area (Å²) in [6.45, 7) is 8.48. The minimum Gasteiger partial charge on any atom is -0.295 e. The third kappa shape index (κ3) is 9.68. The number of ketones is 1. The summed E-state index contributed by atoms with van der Waals surface area (Å²) in [6.07, 6.45) is 2.37. The summed E-state index contributed by atoms with van der Waals surface area (Å²) < 4.78 is 0. The smallest absolute Gasteiger partial charge is 0.156 e. The van der Waals surface area contributed by atoms with Gasteiger partial charge in [0.2, 0.25) is 0 Å². The molecule has 13 heavy (non-hydrogen) atoms. The van der Waals surface area contributed by atoms with Crippen LogP contribution in [0.4, 0.5) is 0 Å². The Morgan fingerprint density at radius 3 is 2.31 bits per heavy atom. The van der Waals surface area contributed by atoms with Crippen molar-refractivity contribution < 1.29 is 4.79 Å². The molecule has 0 aromatic heterocycles. The van der Waals surface area contributed by atoms with Gasteiger partial charge in [-0.2, -0.15) is 0 Å². The van der Waals surface area contributed by atoms with Crippen LogP contribution in [0.1, 0.15) is 34.1 Å². The molecule has 0 saturated heterocycles. The topological polar surface area (TPSA) is 17.1 Å². The fraction of sp³-hybridized carbons (Fsp3) is 0.727. The highest BCUT2D eigenvalue weighted by molar-refractivity contribution is 8.02. The van der Waals surface area contributed by atoms with Gasteiger partial charge in [0.15, 0.2) is 5.78 Å². The van der Waals surface area contributed by atoms with Gasteiger partial charge in [-0.15, -0.1) is 11.8 Å². The lowest BCUT2D eigenvalue weighted by molar-refractivity contribution is -0.115. The van der Waals surface area contributed by atoms with Crippen molar-refractivity contribution in [3.8, 4) is 0 Å². The Hall–Kier alpha value is -0.240. The van der Waals surface area contributed by atoms with Gasteiger partial charge >= 0.3 is 0 Å². The van der Waals surface area contributed by atoms with Crippen LogP contribution in [0.25, 0.3) is 0 Å². The first kappa shape index (κ1) is 12.8. The van der Waals surface area contributed by atoms with Crippen molar-refractivity contribution in [2.45, 2.75) is 34.1 Å². The Labute approximate surface area is 86.0 Å². The largest absolute Gasteiger partial charge is 0.295 e. The molecule has 0 aliphatic rings. The second kappa shape index (κ2) is 7.19. The highest BCUT2D eigenvalue weighted by Gasteiger charge is 2.00. The monoisotopic (exact) mass is 200 g/mol. The van der Waals surface area contributed by atoms with Crippen molar-refractivity contribution in [1.82, 2.24) is 0 Å². The molecule has 76 valence electrons. The van der Waals surface area contributed by atoms with Gasteiger partial charge in [-0.05, 0) is 29.1 Å². The van der Waals surface area contributed by atoms with Gasteiger partial charge in [0, 0.05) is 6.42 Å². The molecule has 0 aliphatic carbocycles. The third-order valence-electron chi connectivity index (χ3n) is 1.39. The van der Waals surface area contributed by atoms with Crippen LogP contribution in [0.15, 0.2) is 11.5 Å². The maximum Gasteiger partial charge on any atom is 0.156 e. The van der Waals surface area contributed by atoms with Crippen LogP contribution in [0, 0.1) is 11.8 Å². The molecule has 0 spiro atoms. The lowest BCUT2D eigenvalue weighted by atomic mass is 10.1. The normalized spacial score (nSPS) is 11.8. The molecule has 0 bridgehead atoms. The summed E-state index contributed by atoms with van der Waals surface area (Å²) in [6, 6.07) is 0. The van der Waals surface area contributed by atoms with Gasteiger partial charge < -0.3 is 0 Å². The molecule has 0 amide bonds. The zero-order chi connectivity index (χ0) is 10.3. The number of carbonyl (C=O) groups is 1. The van der Waals surface area contributed by atoms with Crippen LogP contribution in [0.2, 0.25) is 0 Å². The summed E-state index contributed by atoms with van der Waals surface area (Å²) in [5.41, 5.74) is 0. The molecule has 0 aliphatic heterocycles. The first-order valence-electron chi connectivity index (χ1n) is 4.83. The molecule has 0 radical (unpaired) electrons. The predicted octanol–water partition coefficient (Wildman–Crippen LogP) is 3.50. The lowest BCUT2D eigenvalue weighted by Crippen LogP contribution is -1.98. The van der Waals surface area contributed by atoms with Gasteiger partial charge in [0.25, 0.3) is 0 Å². The molecule has 1 nitrogen and oxygen atoms in total. The SMILES string of the molecule is CC(C)CSC=CC(=O)CC(C)C. The average Bonchev–Trinajstić information content (AvgIpc) is 1.96. The molecule has 0 aromatic rings. The van der Waals surface area contributed by atoms with Gasteiger partial charge in [0.1, 0.15) is 0 Å². The van der Waals surface area contributed by atoms with E-state index in [1.807, 2.05) is 5.41 Å². The Balaban J connectivity index is 3.54. The number of carbonyl (C=O) groups excluding carboxylic acids is 1. The molecule has 0 fully saturated rings. The van der Waals surface area contributed by atoms with E-state index in [1.165, 1.54) is 0 Å². The fourth-order valence-corrected chi connectivity index (χ4v) is 1.59. The molecule has 0 saturated carbocycles. The quantitative estimate of drug-likeness (QED) is 0.610. The van der Waals surface area contributed by atoms with E-state index in [4.69, 9.17) is 0 Å². The summed E-state index contributed by atoms with van der Waals surface area (Å²) in [4.78, 5) is 11.2. The van der Waals surface area contributed by atoms with E-state index in [-0.39, 0.29) is 5.78 Å². The molecular formula is C11H20OS. The van der Waals surface area contributed by atoms with E-state index in [0.717, 1.165) is 5.75 Å². The molecule has 0 heterocycles. The summed E-state index contributed by atoms with van der Waals surface area (Å²) in [7, 11) is 0. The van der Waals surface area contributed by atoms with Crippen LogP contribution >= 0.6 is 11.8 Å². The van der Waals surface area contributed by atoms with Crippen LogP contribution < -0.4 is 0 Å². The zero-order valence-electron chi connectivity index (χ0n) is 9.04. The standard InChI is InChI=1S/C11H20OS/c1-9(2)7-11(12)5-6-13-8-10(3)4/h5-6,9-10H,7-8H2,1-4H3. The second-order valence-corrected chi connectivity index (χ2v) is 5.03. The average molecular weight is 200 g/mol. The Bertz CT molecular complexity index is 171. The highest BCUT2D eigenvalue weighted by atomic mass is 32.2. The van der Waals surface area contributed by atoms with Crippen LogP contribution in [0.3, 0.4) is 0 Å². The van der Waals surface area contributed by atoms with Crippen LogP contribution in [0.5, 0.6) is 0 Å². The van der Waals surface area contributed by atoms with E-state index in [1.54, 1.807) is 17.8 Å². The molecule has 0 N–H and O–H groups in total. The van der Waals surface area contributed by atoms with Gasteiger partial charge in [-0.1, -0.05) is 27.7 Å². The second-order valence-electron chi connectivity index (χ2n) is 4.09. The number of rotatable bonds is 6. The maximum atomic E-state index is 11.2. The van der Waals surface area contributed by atoms with Crippen molar-refractivity contribution >= 4 is 17.5 Å². The number of thioether (sulfide) groups is 1. The van der Waals surface area contributed by atoms with E-state index < -0.39 is 0 Å². The molecule has 0 rings (SSSR count). The Morgan fingerprint density at radius 2 is 1.85 bits per heavy atom. The number of hydrogen-bond acceptors (Lipinski definition) is 2. The van der Waals surface area contributed by atoms with Gasteiger partial charge in [0.05, 0.1) is 0 Å². The van der Waals surface area contributed by atoms with E-state index in [2.05, 4.69) is 27.7 Å². The van der Waals surface area contributed by atoms with Crippen molar-refractivity contribution in [2.24, 2.45) is 11.8 Å². The van der Waals surface area contributed by atoms with E-state index in [0.29, 0.717) is 18.3 Å². The summed E-state index contributed by atoms with van der Waals surface area (Å²) in [5.74, 6) is 2.49. The Kier molecular flexibility index (Phi) is 7.06. The van der Waals surface area contributed by atoms with Crippen molar-refractivity contribution in [1.29, 1.82) is 0 Å².